The predicted molar refractivity (Wildman–Crippen MR) is 50.9 cm³/mol. The molecule has 0 aromatic rings. The Kier molecular flexibility index (Phi) is 3.80. The summed E-state index contributed by atoms with van der Waals surface area (Å²) in [4.78, 5) is 10.9. The van der Waals surface area contributed by atoms with Gasteiger partial charge in [-0.05, 0) is 18.8 Å². The number of carbonyl (C=O) groups is 1. The lowest BCUT2D eigenvalue weighted by Crippen LogP contribution is -2.17. The van der Waals surface area contributed by atoms with Crippen molar-refractivity contribution in [3.63, 3.8) is 0 Å². The van der Waals surface area contributed by atoms with Gasteiger partial charge in [-0.3, -0.25) is 0 Å². The molecule has 0 bridgehead atoms. The van der Waals surface area contributed by atoms with Gasteiger partial charge >= 0.3 is 5.97 Å². The van der Waals surface area contributed by atoms with Gasteiger partial charge in [0.25, 0.3) is 0 Å². The van der Waals surface area contributed by atoms with Crippen molar-refractivity contribution >= 4 is 5.97 Å². The van der Waals surface area contributed by atoms with Crippen molar-refractivity contribution in [3.8, 4) is 0 Å². The van der Waals surface area contributed by atoms with Crippen molar-refractivity contribution in [2.24, 2.45) is 11.7 Å². The SMILES string of the molecule is COC(=O)/C=C(\N)C1CCCCC1. The number of carbonyl (C=O) groups excluding carboxylic acids is 1. The van der Waals surface area contributed by atoms with Crippen LogP contribution in [0.1, 0.15) is 32.1 Å². The number of hydrogen-bond donors (Lipinski definition) is 1. The van der Waals surface area contributed by atoms with Crippen molar-refractivity contribution in [2.45, 2.75) is 32.1 Å². The Bertz CT molecular complexity index is 205. The van der Waals surface area contributed by atoms with Crippen LogP contribution in [0.4, 0.5) is 0 Å². The summed E-state index contributed by atoms with van der Waals surface area (Å²) in [6, 6.07) is 0. The van der Waals surface area contributed by atoms with Crippen molar-refractivity contribution in [2.75, 3.05) is 7.11 Å². The molecule has 0 radical (unpaired) electrons. The Morgan fingerprint density at radius 2 is 2.00 bits per heavy atom. The molecule has 0 amide bonds. The summed E-state index contributed by atoms with van der Waals surface area (Å²) in [5.41, 5.74) is 6.47. The van der Waals surface area contributed by atoms with Gasteiger partial charge in [0, 0.05) is 11.8 Å². The highest BCUT2D eigenvalue weighted by molar-refractivity contribution is 5.82. The van der Waals surface area contributed by atoms with Gasteiger partial charge in [0.15, 0.2) is 0 Å². The van der Waals surface area contributed by atoms with Crippen LogP contribution in [-0.4, -0.2) is 13.1 Å². The fourth-order valence-corrected chi connectivity index (χ4v) is 1.75. The van der Waals surface area contributed by atoms with Crippen molar-refractivity contribution < 1.29 is 9.53 Å². The normalized spacial score (nSPS) is 19.9. The van der Waals surface area contributed by atoms with E-state index in [4.69, 9.17) is 5.73 Å². The van der Waals surface area contributed by atoms with E-state index in [0.717, 1.165) is 12.8 Å². The maximum atomic E-state index is 10.9. The Morgan fingerprint density at radius 3 is 2.54 bits per heavy atom. The molecule has 0 aliphatic heterocycles. The van der Waals surface area contributed by atoms with E-state index >= 15 is 0 Å². The molecule has 1 aliphatic carbocycles. The second kappa shape index (κ2) is 4.90. The molecule has 13 heavy (non-hydrogen) atoms. The fraction of sp³-hybridized carbons (Fsp3) is 0.700. The summed E-state index contributed by atoms with van der Waals surface area (Å²) >= 11 is 0. The molecule has 3 heteroatoms. The van der Waals surface area contributed by atoms with Crippen LogP contribution < -0.4 is 5.73 Å². The summed E-state index contributed by atoms with van der Waals surface area (Å²) in [6.45, 7) is 0. The number of nitrogens with two attached hydrogens (primary N) is 1. The molecule has 0 atom stereocenters. The summed E-state index contributed by atoms with van der Waals surface area (Å²) in [7, 11) is 1.37. The topological polar surface area (TPSA) is 52.3 Å². The van der Waals surface area contributed by atoms with E-state index in [9.17, 15) is 4.79 Å². The van der Waals surface area contributed by atoms with E-state index in [-0.39, 0.29) is 5.97 Å². The van der Waals surface area contributed by atoms with Crippen LogP contribution in [0.2, 0.25) is 0 Å². The van der Waals surface area contributed by atoms with Crippen molar-refractivity contribution in [1.82, 2.24) is 0 Å². The smallest absolute Gasteiger partial charge is 0.332 e. The molecule has 1 rings (SSSR count). The third kappa shape index (κ3) is 3.09. The highest BCUT2D eigenvalue weighted by atomic mass is 16.5. The van der Waals surface area contributed by atoms with Gasteiger partial charge in [0.2, 0.25) is 0 Å². The molecule has 0 aromatic carbocycles. The summed E-state index contributed by atoms with van der Waals surface area (Å²) in [5, 5.41) is 0. The number of esters is 1. The third-order valence-electron chi connectivity index (χ3n) is 2.56. The minimum absolute atomic E-state index is 0.344. The lowest BCUT2D eigenvalue weighted by Gasteiger charge is -2.21. The molecule has 1 fully saturated rings. The van der Waals surface area contributed by atoms with Gasteiger partial charge in [-0.15, -0.1) is 0 Å². The van der Waals surface area contributed by atoms with E-state index in [1.807, 2.05) is 0 Å². The predicted octanol–water partition coefficient (Wildman–Crippen LogP) is 1.58. The first-order chi connectivity index (χ1) is 6.24. The van der Waals surface area contributed by atoms with E-state index in [2.05, 4.69) is 4.74 Å². The van der Waals surface area contributed by atoms with Gasteiger partial charge in [-0.1, -0.05) is 19.3 Å². The monoisotopic (exact) mass is 183 g/mol. The zero-order chi connectivity index (χ0) is 9.68. The number of ether oxygens (including phenoxy) is 1. The molecule has 74 valence electrons. The summed E-state index contributed by atoms with van der Waals surface area (Å²) in [5.74, 6) is 0.0518. The van der Waals surface area contributed by atoms with Crippen LogP contribution in [0, 0.1) is 5.92 Å². The molecule has 0 saturated heterocycles. The maximum absolute atomic E-state index is 10.9. The third-order valence-corrected chi connectivity index (χ3v) is 2.56. The van der Waals surface area contributed by atoms with Crippen LogP contribution in [0.15, 0.2) is 11.8 Å². The Morgan fingerprint density at radius 1 is 1.38 bits per heavy atom. The van der Waals surface area contributed by atoms with Gasteiger partial charge in [0.05, 0.1) is 7.11 Å². The number of hydrogen-bond acceptors (Lipinski definition) is 3. The molecule has 0 spiro atoms. The zero-order valence-electron chi connectivity index (χ0n) is 8.08. The van der Waals surface area contributed by atoms with Crippen molar-refractivity contribution in [1.29, 1.82) is 0 Å². The minimum Gasteiger partial charge on any atom is -0.466 e. The zero-order valence-corrected chi connectivity index (χ0v) is 8.08. The van der Waals surface area contributed by atoms with Crippen LogP contribution in [0.3, 0.4) is 0 Å². The first-order valence-corrected chi connectivity index (χ1v) is 4.79. The van der Waals surface area contributed by atoms with E-state index in [0.29, 0.717) is 11.6 Å². The van der Waals surface area contributed by atoms with Crippen LogP contribution in [-0.2, 0) is 9.53 Å². The van der Waals surface area contributed by atoms with Gasteiger partial charge in [0.1, 0.15) is 0 Å². The first-order valence-electron chi connectivity index (χ1n) is 4.79. The van der Waals surface area contributed by atoms with E-state index < -0.39 is 0 Å². The Hall–Kier alpha value is -0.990. The van der Waals surface area contributed by atoms with Gasteiger partial charge in [-0.25, -0.2) is 4.79 Å². The maximum Gasteiger partial charge on any atom is 0.332 e. The summed E-state index contributed by atoms with van der Waals surface area (Å²) in [6.07, 6.45) is 7.37. The summed E-state index contributed by atoms with van der Waals surface area (Å²) < 4.78 is 4.52. The quantitative estimate of drug-likeness (QED) is 0.522. The average Bonchev–Trinajstić information content (AvgIpc) is 2.19. The Balaban J connectivity index is 2.49. The van der Waals surface area contributed by atoms with Crippen LogP contribution >= 0.6 is 0 Å². The molecular formula is C10H17NO2. The first kappa shape index (κ1) is 10.1. The minimum atomic E-state index is -0.344. The average molecular weight is 183 g/mol. The standard InChI is InChI=1S/C10H17NO2/c1-13-10(12)7-9(11)8-5-3-2-4-6-8/h7-8H,2-6,11H2,1H3/b9-7-. The highest BCUT2D eigenvalue weighted by Crippen LogP contribution is 2.27. The Labute approximate surface area is 78.9 Å². The molecule has 0 aromatic heterocycles. The number of rotatable bonds is 2. The molecule has 1 saturated carbocycles. The molecular weight excluding hydrogens is 166 g/mol. The lowest BCUT2D eigenvalue weighted by molar-refractivity contribution is -0.134. The van der Waals surface area contributed by atoms with Crippen LogP contribution in [0.25, 0.3) is 0 Å². The molecule has 0 unspecified atom stereocenters. The van der Waals surface area contributed by atoms with Gasteiger partial charge in [-0.2, -0.15) is 0 Å². The lowest BCUT2D eigenvalue weighted by atomic mass is 9.87. The number of allylic oxidation sites excluding steroid dienone is 1. The molecule has 3 nitrogen and oxygen atoms in total. The van der Waals surface area contributed by atoms with Crippen molar-refractivity contribution in [3.05, 3.63) is 11.8 Å². The van der Waals surface area contributed by atoms with Gasteiger partial charge < -0.3 is 10.5 Å². The highest BCUT2D eigenvalue weighted by Gasteiger charge is 2.16. The van der Waals surface area contributed by atoms with Crippen LogP contribution in [0.5, 0.6) is 0 Å². The van der Waals surface area contributed by atoms with E-state index in [1.165, 1.54) is 32.4 Å². The molecule has 2 N–H and O–H groups in total. The molecule has 0 heterocycles. The second-order valence-electron chi connectivity index (χ2n) is 3.50. The largest absolute Gasteiger partial charge is 0.466 e. The fourth-order valence-electron chi connectivity index (χ4n) is 1.75. The number of methoxy groups -OCH3 is 1. The van der Waals surface area contributed by atoms with E-state index in [1.54, 1.807) is 0 Å². The molecule has 1 aliphatic rings. The second-order valence-corrected chi connectivity index (χ2v) is 3.50.